The first-order chi connectivity index (χ1) is 10.1. The third kappa shape index (κ3) is 4.61. The molecule has 114 valence electrons. The molecule has 0 saturated carbocycles. The Kier molecular flexibility index (Phi) is 5.87. The second-order valence-electron chi connectivity index (χ2n) is 4.70. The molecule has 0 aliphatic heterocycles. The van der Waals surface area contributed by atoms with E-state index in [0.29, 0.717) is 13.2 Å². The highest BCUT2D eigenvalue weighted by atomic mass is 79.9. The van der Waals surface area contributed by atoms with Gasteiger partial charge in [0, 0.05) is 18.1 Å². The molecular formula is C15H19BrN2O2S. The predicted octanol–water partition coefficient (Wildman–Crippen LogP) is 4.70. The first kappa shape index (κ1) is 16.1. The van der Waals surface area contributed by atoms with Gasteiger partial charge in [0.05, 0.1) is 17.2 Å². The maximum atomic E-state index is 5.83. The number of nitrogens with one attached hydrogen (secondary N) is 1. The van der Waals surface area contributed by atoms with Crippen LogP contribution >= 0.6 is 27.3 Å². The van der Waals surface area contributed by atoms with Gasteiger partial charge in [-0.3, -0.25) is 0 Å². The number of rotatable bonds is 7. The number of benzene rings is 1. The lowest BCUT2D eigenvalue weighted by atomic mass is 10.2. The van der Waals surface area contributed by atoms with Gasteiger partial charge in [0.2, 0.25) is 0 Å². The van der Waals surface area contributed by atoms with Crippen LogP contribution in [0.4, 0.5) is 5.13 Å². The summed E-state index contributed by atoms with van der Waals surface area (Å²) in [6.45, 7) is 7.26. The summed E-state index contributed by atoms with van der Waals surface area (Å²) in [5.41, 5.74) is 1.11. The van der Waals surface area contributed by atoms with E-state index in [1.807, 2.05) is 38.3 Å². The van der Waals surface area contributed by atoms with E-state index < -0.39 is 0 Å². The Bertz CT molecular complexity index is 573. The van der Waals surface area contributed by atoms with Crippen molar-refractivity contribution in [3.05, 3.63) is 33.7 Å². The minimum Gasteiger partial charge on any atom is -0.490 e. The van der Waals surface area contributed by atoms with Crippen LogP contribution in [-0.2, 0) is 6.54 Å². The third-order valence-corrected chi connectivity index (χ3v) is 3.92. The van der Waals surface area contributed by atoms with Crippen molar-refractivity contribution in [2.24, 2.45) is 0 Å². The molecular weight excluding hydrogens is 352 g/mol. The highest BCUT2D eigenvalue weighted by molar-refractivity contribution is 9.10. The van der Waals surface area contributed by atoms with Crippen LogP contribution in [-0.4, -0.2) is 17.7 Å². The van der Waals surface area contributed by atoms with Crippen LogP contribution in [0.15, 0.2) is 28.2 Å². The van der Waals surface area contributed by atoms with E-state index in [2.05, 4.69) is 26.2 Å². The van der Waals surface area contributed by atoms with Crippen molar-refractivity contribution in [2.75, 3.05) is 11.9 Å². The van der Waals surface area contributed by atoms with E-state index in [1.165, 1.54) is 0 Å². The Morgan fingerprint density at radius 1 is 1.38 bits per heavy atom. The van der Waals surface area contributed by atoms with Crippen LogP contribution in [0, 0.1) is 0 Å². The Hall–Kier alpha value is -1.27. The van der Waals surface area contributed by atoms with Crippen LogP contribution < -0.4 is 14.8 Å². The summed E-state index contributed by atoms with van der Waals surface area (Å²) in [5, 5.41) is 6.14. The van der Waals surface area contributed by atoms with Crippen molar-refractivity contribution in [2.45, 2.75) is 33.4 Å². The second-order valence-corrected chi connectivity index (χ2v) is 6.44. The summed E-state index contributed by atoms with van der Waals surface area (Å²) >= 11 is 5.15. The molecule has 0 atom stereocenters. The summed E-state index contributed by atoms with van der Waals surface area (Å²) in [7, 11) is 0. The zero-order valence-corrected chi connectivity index (χ0v) is 14.8. The van der Waals surface area contributed by atoms with Gasteiger partial charge in [0.15, 0.2) is 16.6 Å². The molecule has 4 nitrogen and oxygen atoms in total. The number of aromatic nitrogens is 1. The van der Waals surface area contributed by atoms with Crippen LogP contribution in [0.5, 0.6) is 11.5 Å². The van der Waals surface area contributed by atoms with Crippen molar-refractivity contribution in [3.8, 4) is 11.5 Å². The lowest BCUT2D eigenvalue weighted by Crippen LogP contribution is -2.09. The van der Waals surface area contributed by atoms with Crippen molar-refractivity contribution in [1.82, 2.24) is 4.98 Å². The van der Waals surface area contributed by atoms with E-state index in [0.717, 1.165) is 26.7 Å². The van der Waals surface area contributed by atoms with E-state index in [9.17, 15) is 0 Å². The van der Waals surface area contributed by atoms with Gasteiger partial charge >= 0.3 is 0 Å². The third-order valence-electron chi connectivity index (χ3n) is 2.60. The molecule has 1 N–H and O–H groups in total. The maximum Gasteiger partial charge on any atom is 0.182 e. The minimum absolute atomic E-state index is 0.0970. The standard InChI is InChI=1S/C15H19BrN2O2S/c1-4-19-13-8-11(9-18-15-17-5-6-21-15)7-12(16)14(13)20-10(2)3/h5-8,10H,4,9H2,1-3H3,(H,17,18). The summed E-state index contributed by atoms with van der Waals surface area (Å²) in [4.78, 5) is 4.21. The molecule has 0 bridgehead atoms. The van der Waals surface area contributed by atoms with Crippen LogP contribution in [0.2, 0.25) is 0 Å². The van der Waals surface area contributed by atoms with Gasteiger partial charge in [0.1, 0.15) is 0 Å². The molecule has 0 aliphatic carbocycles. The van der Waals surface area contributed by atoms with Gasteiger partial charge in [-0.1, -0.05) is 0 Å². The fourth-order valence-electron chi connectivity index (χ4n) is 1.82. The van der Waals surface area contributed by atoms with E-state index in [1.54, 1.807) is 17.5 Å². The summed E-state index contributed by atoms with van der Waals surface area (Å²) in [5.74, 6) is 1.52. The van der Waals surface area contributed by atoms with Gasteiger partial charge < -0.3 is 14.8 Å². The Labute approximate surface area is 137 Å². The van der Waals surface area contributed by atoms with Crippen LogP contribution in [0.25, 0.3) is 0 Å². The molecule has 0 unspecified atom stereocenters. The summed E-state index contributed by atoms with van der Waals surface area (Å²) in [6, 6.07) is 4.05. The van der Waals surface area contributed by atoms with Crippen LogP contribution in [0.3, 0.4) is 0 Å². The largest absolute Gasteiger partial charge is 0.490 e. The molecule has 2 aromatic rings. The highest BCUT2D eigenvalue weighted by Crippen LogP contribution is 2.37. The van der Waals surface area contributed by atoms with E-state index in [-0.39, 0.29) is 6.10 Å². The van der Waals surface area contributed by atoms with Crippen molar-refractivity contribution in [3.63, 3.8) is 0 Å². The maximum absolute atomic E-state index is 5.83. The molecule has 21 heavy (non-hydrogen) atoms. The molecule has 0 radical (unpaired) electrons. The molecule has 2 rings (SSSR count). The Morgan fingerprint density at radius 3 is 2.81 bits per heavy atom. The topological polar surface area (TPSA) is 43.4 Å². The molecule has 0 saturated heterocycles. The number of anilines is 1. The number of ether oxygens (including phenoxy) is 2. The van der Waals surface area contributed by atoms with E-state index in [4.69, 9.17) is 9.47 Å². The predicted molar refractivity (Wildman–Crippen MR) is 90.5 cm³/mol. The Balaban J connectivity index is 2.18. The van der Waals surface area contributed by atoms with Gasteiger partial charge in [-0.15, -0.1) is 11.3 Å². The van der Waals surface area contributed by atoms with Gasteiger partial charge in [-0.2, -0.15) is 0 Å². The average molecular weight is 371 g/mol. The van der Waals surface area contributed by atoms with Crippen molar-refractivity contribution in [1.29, 1.82) is 0 Å². The molecule has 1 aromatic heterocycles. The fourth-order valence-corrected chi connectivity index (χ4v) is 2.94. The van der Waals surface area contributed by atoms with Gasteiger partial charge in [-0.05, 0) is 54.4 Å². The summed E-state index contributed by atoms with van der Waals surface area (Å²) in [6.07, 6.45) is 1.88. The number of thiazole rings is 1. The zero-order valence-electron chi connectivity index (χ0n) is 12.4. The molecule has 0 fully saturated rings. The zero-order chi connectivity index (χ0) is 15.2. The number of halogens is 1. The van der Waals surface area contributed by atoms with Crippen LogP contribution in [0.1, 0.15) is 26.3 Å². The highest BCUT2D eigenvalue weighted by Gasteiger charge is 2.13. The minimum atomic E-state index is 0.0970. The molecule has 0 amide bonds. The molecule has 1 aromatic carbocycles. The summed E-state index contributed by atoms with van der Waals surface area (Å²) < 4.78 is 12.4. The number of nitrogens with zero attached hydrogens (tertiary/aromatic N) is 1. The normalized spacial score (nSPS) is 10.7. The lowest BCUT2D eigenvalue weighted by molar-refractivity contribution is 0.222. The van der Waals surface area contributed by atoms with Gasteiger partial charge in [-0.25, -0.2) is 4.98 Å². The van der Waals surface area contributed by atoms with E-state index >= 15 is 0 Å². The first-order valence-electron chi connectivity index (χ1n) is 6.85. The molecule has 0 aliphatic rings. The molecule has 1 heterocycles. The SMILES string of the molecule is CCOc1cc(CNc2nccs2)cc(Br)c1OC(C)C. The van der Waals surface area contributed by atoms with Crippen molar-refractivity contribution < 1.29 is 9.47 Å². The monoisotopic (exact) mass is 370 g/mol. The number of hydrogen-bond acceptors (Lipinski definition) is 5. The van der Waals surface area contributed by atoms with Gasteiger partial charge in [0.25, 0.3) is 0 Å². The molecule has 0 spiro atoms. The second kappa shape index (κ2) is 7.66. The fraction of sp³-hybridized carbons (Fsp3) is 0.400. The first-order valence-corrected chi connectivity index (χ1v) is 8.52. The number of hydrogen-bond donors (Lipinski definition) is 1. The average Bonchev–Trinajstić information content (AvgIpc) is 2.93. The Morgan fingerprint density at radius 2 is 2.19 bits per heavy atom. The smallest absolute Gasteiger partial charge is 0.182 e. The molecule has 6 heteroatoms. The quantitative estimate of drug-likeness (QED) is 0.766. The lowest BCUT2D eigenvalue weighted by Gasteiger charge is -2.17. The van der Waals surface area contributed by atoms with Crippen molar-refractivity contribution >= 4 is 32.4 Å².